The summed E-state index contributed by atoms with van der Waals surface area (Å²) in [6, 6.07) is 10.3. The molecule has 0 amide bonds. The van der Waals surface area contributed by atoms with Crippen LogP contribution in [0.1, 0.15) is 31.2 Å². The van der Waals surface area contributed by atoms with E-state index >= 15 is 0 Å². The first-order valence-corrected chi connectivity index (χ1v) is 6.71. The maximum atomic E-state index is 6.09. The van der Waals surface area contributed by atoms with Gasteiger partial charge in [0.2, 0.25) is 11.9 Å². The first-order chi connectivity index (χ1) is 9.20. The van der Waals surface area contributed by atoms with E-state index in [9.17, 15) is 0 Å². The molecular weight excluding hydrogens is 238 g/mol. The monoisotopic (exact) mass is 257 g/mol. The van der Waals surface area contributed by atoms with Gasteiger partial charge in [-0.3, -0.25) is 0 Å². The van der Waals surface area contributed by atoms with Gasteiger partial charge >= 0.3 is 0 Å². The lowest BCUT2D eigenvalue weighted by atomic mass is 10.1. The van der Waals surface area contributed by atoms with Crippen LogP contribution < -0.4 is 11.5 Å². The summed E-state index contributed by atoms with van der Waals surface area (Å²) in [5, 5.41) is 0. The number of nitrogens with two attached hydrogens (primary N) is 2. The molecule has 1 saturated carbocycles. The van der Waals surface area contributed by atoms with Crippen LogP contribution in [0.3, 0.4) is 0 Å². The van der Waals surface area contributed by atoms with Crippen LogP contribution in [0.15, 0.2) is 40.3 Å². The molecule has 1 aromatic rings. The van der Waals surface area contributed by atoms with Crippen molar-refractivity contribution >= 4 is 11.9 Å². The zero-order valence-electron chi connectivity index (χ0n) is 10.9. The Balaban J connectivity index is 1.91. The highest BCUT2D eigenvalue weighted by Gasteiger charge is 2.42. The minimum Gasteiger partial charge on any atom is -0.369 e. The highest BCUT2D eigenvalue weighted by atomic mass is 15.4. The van der Waals surface area contributed by atoms with Crippen LogP contribution in [0.5, 0.6) is 0 Å². The topological polar surface area (TPSA) is 80.0 Å². The Morgan fingerprint density at radius 1 is 1.11 bits per heavy atom. The normalized spacial score (nSPS) is 21.4. The number of benzene rings is 1. The second-order valence-electron chi connectivity index (χ2n) is 5.20. The van der Waals surface area contributed by atoms with E-state index < -0.39 is 0 Å². The average Bonchev–Trinajstić information content (AvgIpc) is 2.84. The molecule has 19 heavy (non-hydrogen) atoms. The number of hydrogen-bond acceptors (Lipinski definition) is 5. The molecule has 5 heteroatoms. The first kappa shape index (κ1) is 12.0. The molecule has 1 aromatic carbocycles. The van der Waals surface area contributed by atoms with E-state index in [0.29, 0.717) is 11.9 Å². The maximum Gasteiger partial charge on any atom is 0.220 e. The van der Waals surface area contributed by atoms with Crippen LogP contribution in [-0.2, 0) is 6.54 Å². The molecule has 1 spiro atoms. The lowest BCUT2D eigenvalue weighted by Gasteiger charge is -2.41. The Kier molecular flexibility index (Phi) is 2.89. The minimum atomic E-state index is -0.272. The molecule has 0 saturated heterocycles. The molecule has 100 valence electrons. The molecule has 2 aliphatic rings. The molecule has 0 radical (unpaired) electrons. The van der Waals surface area contributed by atoms with E-state index in [2.05, 4.69) is 27.0 Å². The average molecular weight is 257 g/mol. The Morgan fingerprint density at radius 3 is 2.47 bits per heavy atom. The number of nitrogens with zero attached hydrogens (tertiary/aromatic N) is 3. The summed E-state index contributed by atoms with van der Waals surface area (Å²) < 4.78 is 0. The van der Waals surface area contributed by atoms with Gasteiger partial charge in [0.1, 0.15) is 5.66 Å². The highest BCUT2D eigenvalue weighted by molar-refractivity contribution is 5.95. The van der Waals surface area contributed by atoms with Gasteiger partial charge in [-0.05, 0) is 31.2 Å². The van der Waals surface area contributed by atoms with Crippen LogP contribution in [0, 0.1) is 0 Å². The van der Waals surface area contributed by atoms with Crippen molar-refractivity contribution in [1.82, 2.24) is 4.90 Å². The lowest BCUT2D eigenvalue weighted by Crippen LogP contribution is -2.55. The Bertz CT molecular complexity index is 514. The molecular formula is C14H19N5. The Labute approximate surface area is 113 Å². The highest BCUT2D eigenvalue weighted by Crippen LogP contribution is 2.38. The Hall–Kier alpha value is -2.04. The second-order valence-corrected chi connectivity index (χ2v) is 5.20. The zero-order valence-corrected chi connectivity index (χ0v) is 10.9. The third-order valence-corrected chi connectivity index (χ3v) is 3.92. The fraction of sp³-hybridized carbons (Fsp3) is 0.429. The number of hydrogen-bond donors (Lipinski definition) is 2. The van der Waals surface area contributed by atoms with Gasteiger partial charge in [-0.25, -0.2) is 4.99 Å². The van der Waals surface area contributed by atoms with Crippen LogP contribution in [0.2, 0.25) is 0 Å². The van der Waals surface area contributed by atoms with Gasteiger partial charge in [-0.1, -0.05) is 30.3 Å². The van der Waals surface area contributed by atoms with Gasteiger partial charge in [0.25, 0.3) is 0 Å². The summed E-state index contributed by atoms with van der Waals surface area (Å²) in [6.45, 7) is 0.729. The largest absolute Gasteiger partial charge is 0.369 e. The number of guanidine groups is 2. The van der Waals surface area contributed by atoms with Crippen molar-refractivity contribution in [3.8, 4) is 0 Å². The van der Waals surface area contributed by atoms with E-state index in [0.717, 1.165) is 32.2 Å². The third-order valence-electron chi connectivity index (χ3n) is 3.92. The Morgan fingerprint density at radius 2 is 1.79 bits per heavy atom. The van der Waals surface area contributed by atoms with Crippen molar-refractivity contribution in [2.24, 2.45) is 21.5 Å². The van der Waals surface area contributed by atoms with Gasteiger partial charge in [-0.15, -0.1) is 0 Å². The first-order valence-electron chi connectivity index (χ1n) is 6.71. The molecule has 1 aliphatic carbocycles. The minimum absolute atomic E-state index is 0.272. The van der Waals surface area contributed by atoms with Gasteiger partial charge < -0.3 is 16.4 Å². The fourth-order valence-corrected chi connectivity index (χ4v) is 3.01. The molecule has 5 nitrogen and oxygen atoms in total. The standard InChI is InChI=1S/C14H19N5/c15-12-17-13(16)19(10-11-6-2-1-3-7-11)14(18-12)8-4-5-9-14/h1-3,6-7H,4-5,8-10H2,(H4,15,16,17,18). The summed E-state index contributed by atoms with van der Waals surface area (Å²) in [7, 11) is 0. The summed E-state index contributed by atoms with van der Waals surface area (Å²) in [5.41, 5.74) is 12.8. The number of aliphatic imine (C=N–C) groups is 2. The quantitative estimate of drug-likeness (QED) is 0.840. The van der Waals surface area contributed by atoms with E-state index in [-0.39, 0.29) is 5.66 Å². The van der Waals surface area contributed by atoms with Gasteiger partial charge in [0, 0.05) is 6.54 Å². The van der Waals surface area contributed by atoms with Crippen LogP contribution in [-0.4, -0.2) is 22.5 Å². The molecule has 1 fully saturated rings. The van der Waals surface area contributed by atoms with Crippen molar-refractivity contribution in [2.75, 3.05) is 0 Å². The van der Waals surface area contributed by atoms with Gasteiger partial charge in [-0.2, -0.15) is 4.99 Å². The predicted octanol–water partition coefficient (Wildman–Crippen LogP) is 1.40. The van der Waals surface area contributed by atoms with E-state index in [1.54, 1.807) is 0 Å². The summed E-state index contributed by atoms with van der Waals surface area (Å²) >= 11 is 0. The van der Waals surface area contributed by atoms with Crippen molar-refractivity contribution in [3.63, 3.8) is 0 Å². The van der Waals surface area contributed by atoms with E-state index in [1.807, 2.05) is 18.2 Å². The summed E-state index contributed by atoms with van der Waals surface area (Å²) in [6.07, 6.45) is 4.32. The third kappa shape index (κ3) is 2.16. The van der Waals surface area contributed by atoms with E-state index in [4.69, 9.17) is 11.5 Å². The van der Waals surface area contributed by atoms with Crippen molar-refractivity contribution in [3.05, 3.63) is 35.9 Å². The summed E-state index contributed by atoms with van der Waals surface area (Å²) in [5.74, 6) is 0.793. The summed E-state index contributed by atoms with van der Waals surface area (Å²) in [4.78, 5) is 10.8. The molecule has 0 bridgehead atoms. The fourth-order valence-electron chi connectivity index (χ4n) is 3.01. The van der Waals surface area contributed by atoms with E-state index in [1.165, 1.54) is 5.56 Å². The zero-order chi connectivity index (χ0) is 13.3. The van der Waals surface area contributed by atoms with Gasteiger partial charge in [0.15, 0.2) is 0 Å². The smallest absolute Gasteiger partial charge is 0.220 e. The molecule has 0 aromatic heterocycles. The predicted molar refractivity (Wildman–Crippen MR) is 76.4 cm³/mol. The molecule has 0 atom stereocenters. The van der Waals surface area contributed by atoms with Crippen LogP contribution >= 0.6 is 0 Å². The molecule has 3 rings (SSSR count). The molecule has 1 aliphatic heterocycles. The van der Waals surface area contributed by atoms with Crippen molar-refractivity contribution < 1.29 is 0 Å². The second kappa shape index (κ2) is 4.57. The van der Waals surface area contributed by atoms with Crippen LogP contribution in [0.4, 0.5) is 0 Å². The van der Waals surface area contributed by atoms with Crippen molar-refractivity contribution in [2.45, 2.75) is 37.9 Å². The SMILES string of the molecule is NC1=NC2(CCCC2)N(Cc2ccccc2)C(N)=N1. The molecule has 0 unspecified atom stereocenters. The maximum absolute atomic E-state index is 6.09. The van der Waals surface area contributed by atoms with Crippen LogP contribution in [0.25, 0.3) is 0 Å². The number of rotatable bonds is 2. The molecule has 4 N–H and O–H groups in total. The van der Waals surface area contributed by atoms with Crippen molar-refractivity contribution in [1.29, 1.82) is 0 Å². The molecule has 1 heterocycles. The lowest BCUT2D eigenvalue weighted by molar-refractivity contribution is 0.173. The van der Waals surface area contributed by atoms with Gasteiger partial charge in [0.05, 0.1) is 0 Å².